The zero-order chi connectivity index (χ0) is 17.5. The Morgan fingerprint density at radius 1 is 1.29 bits per heavy atom. The van der Waals surface area contributed by atoms with Crippen LogP contribution in [0.5, 0.6) is 17.2 Å². The highest BCUT2D eigenvalue weighted by Crippen LogP contribution is 2.27. The predicted octanol–water partition coefficient (Wildman–Crippen LogP) is 3.22. The number of nitrogens with one attached hydrogen (secondary N) is 1. The minimum absolute atomic E-state index is 0.0453. The number of methoxy groups -OCH3 is 1. The Bertz CT molecular complexity index is 762. The lowest BCUT2D eigenvalue weighted by Gasteiger charge is -2.09. The molecule has 0 aromatic heterocycles. The van der Waals surface area contributed by atoms with Crippen molar-refractivity contribution >= 4 is 23.7 Å². The van der Waals surface area contributed by atoms with Gasteiger partial charge in [-0.2, -0.15) is 5.10 Å². The third-order valence-electron chi connectivity index (χ3n) is 3.07. The number of amides is 1. The molecule has 7 heteroatoms. The largest absolute Gasteiger partial charge is 0.507 e. The van der Waals surface area contributed by atoms with E-state index in [4.69, 9.17) is 21.1 Å². The molecular weight excluding hydrogens is 332 g/mol. The number of hydrazone groups is 1. The van der Waals surface area contributed by atoms with Crippen molar-refractivity contribution in [2.45, 2.75) is 6.92 Å². The van der Waals surface area contributed by atoms with Crippen LogP contribution in [-0.4, -0.2) is 30.9 Å². The first-order valence-corrected chi connectivity index (χ1v) is 7.55. The summed E-state index contributed by atoms with van der Waals surface area (Å²) >= 11 is 5.81. The lowest BCUT2D eigenvalue weighted by molar-refractivity contribution is 0.0952. The van der Waals surface area contributed by atoms with Crippen LogP contribution in [-0.2, 0) is 0 Å². The molecule has 0 aliphatic heterocycles. The van der Waals surface area contributed by atoms with Gasteiger partial charge >= 0.3 is 0 Å². The van der Waals surface area contributed by atoms with Crippen molar-refractivity contribution in [3.63, 3.8) is 0 Å². The highest BCUT2D eigenvalue weighted by atomic mass is 35.5. The molecule has 0 unspecified atom stereocenters. The molecule has 126 valence electrons. The van der Waals surface area contributed by atoms with Crippen molar-refractivity contribution in [1.82, 2.24) is 5.43 Å². The summed E-state index contributed by atoms with van der Waals surface area (Å²) in [5, 5.41) is 13.9. The van der Waals surface area contributed by atoms with Gasteiger partial charge < -0.3 is 14.6 Å². The van der Waals surface area contributed by atoms with Crippen molar-refractivity contribution in [1.29, 1.82) is 0 Å². The molecule has 6 nitrogen and oxygen atoms in total. The fourth-order valence-corrected chi connectivity index (χ4v) is 2.13. The molecule has 0 spiro atoms. The summed E-state index contributed by atoms with van der Waals surface area (Å²) in [5.74, 6) is 0.462. The molecule has 24 heavy (non-hydrogen) atoms. The van der Waals surface area contributed by atoms with Crippen LogP contribution in [0.2, 0.25) is 5.02 Å². The summed E-state index contributed by atoms with van der Waals surface area (Å²) in [6.45, 7) is 2.42. The van der Waals surface area contributed by atoms with Crippen LogP contribution in [0.15, 0.2) is 41.5 Å². The summed E-state index contributed by atoms with van der Waals surface area (Å²) in [6, 6.07) is 9.47. The maximum absolute atomic E-state index is 12.0. The van der Waals surface area contributed by atoms with E-state index < -0.39 is 5.91 Å². The standard InChI is InChI=1S/C17H17ClN2O4/c1-3-24-15-7-4-11(8-16(15)23-2)10-19-20-17(22)13-9-12(18)5-6-14(13)21/h4-10,21H,3H2,1-2H3,(H,20,22)/b19-10+. The topological polar surface area (TPSA) is 80.2 Å². The number of hydrogen-bond acceptors (Lipinski definition) is 5. The number of hydrogen-bond donors (Lipinski definition) is 2. The number of carbonyl (C=O) groups excluding carboxylic acids is 1. The van der Waals surface area contributed by atoms with E-state index in [1.54, 1.807) is 25.3 Å². The van der Waals surface area contributed by atoms with E-state index in [0.29, 0.717) is 28.7 Å². The number of phenols is 1. The highest BCUT2D eigenvalue weighted by molar-refractivity contribution is 6.31. The fourth-order valence-electron chi connectivity index (χ4n) is 1.96. The average molecular weight is 349 g/mol. The van der Waals surface area contributed by atoms with Crippen molar-refractivity contribution in [3.8, 4) is 17.2 Å². The van der Waals surface area contributed by atoms with E-state index in [0.717, 1.165) is 0 Å². The molecule has 0 saturated heterocycles. The Balaban J connectivity index is 2.08. The van der Waals surface area contributed by atoms with Gasteiger partial charge in [0.05, 0.1) is 25.5 Å². The maximum atomic E-state index is 12.0. The van der Waals surface area contributed by atoms with Crippen LogP contribution in [0, 0.1) is 0 Å². The Morgan fingerprint density at radius 2 is 2.08 bits per heavy atom. The molecule has 0 radical (unpaired) electrons. The van der Waals surface area contributed by atoms with Crippen molar-refractivity contribution < 1.29 is 19.4 Å². The molecule has 2 N–H and O–H groups in total. The van der Waals surface area contributed by atoms with Gasteiger partial charge in [0.25, 0.3) is 5.91 Å². The zero-order valence-electron chi connectivity index (χ0n) is 13.2. The molecule has 0 bridgehead atoms. The SMILES string of the molecule is CCOc1ccc(/C=N/NC(=O)c2cc(Cl)ccc2O)cc1OC. The van der Waals surface area contributed by atoms with E-state index >= 15 is 0 Å². The Hall–Kier alpha value is -2.73. The van der Waals surface area contributed by atoms with E-state index in [1.807, 2.05) is 6.92 Å². The number of aromatic hydroxyl groups is 1. The Kier molecular flexibility index (Phi) is 6.03. The number of nitrogens with zero attached hydrogens (tertiary/aromatic N) is 1. The first kappa shape index (κ1) is 17.6. The predicted molar refractivity (Wildman–Crippen MR) is 92.3 cm³/mol. The first-order valence-electron chi connectivity index (χ1n) is 7.18. The third kappa shape index (κ3) is 4.39. The summed E-state index contributed by atoms with van der Waals surface area (Å²) in [7, 11) is 1.54. The quantitative estimate of drug-likeness (QED) is 0.620. The van der Waals surface area contributed by atoms with Crippen LogP contribution in [0.25, 0.3) is 0 Å². The van der Waals surface area contributed by atoms with E-state index in [2.05, 4.69) is 10.5 Å². The molecule has 1 amide bonds. The molecule has 0 aliphatic rings. The smallest absolute Gasteiger partial charge is 0.275 e. The minimum atomic E-state index is -0.566. The summed E-state index contributed by atoms with van der Waals surface area (Å²) in [4.78, 5) is 12.0. The second-order valence-electron chi connectivity index (χ2n) is 4.70. The van der Waals surface area contributed by atoms with Crippen molar-refractivity contribution in [2.75, 3.05) is 13.7 Å². The lowest BCUT2D eigenvalue weighted by atomic mass is 10.2. The lowest BCUT2D eigenvalue weighted by Crippen LogP contribution is -2.17. The zero-order valence-corrected chi connectivity index (χ0v) is 14.0. The fraction of sp³-hybridized carbons (Fsp3) is 0.176. The number of carbonyl (C=O) groups is 1. The molecular formula is C17H17ClN2O4. The van der Waals surface area contributed by atoms with Crippen LogP contribution >= 0.6 is 11.6 Å². The number of rotatable bonds is 6. The second kappa shape index (κ2) is 8.21. The molecule has 0 aliphatic carbocycles. The van der Waals surface area contributed by atoms with Crippen LogP contribution in [0.1, 0.15) is 22.8 Å². The molecule has 0 atom stereocenters. The van der Waals surface area contributed by atoms with Gasteiger partial charge in [-0.15, -0.1) is 0 Å². The van der Waals surface area contributed by atoms with Gasteiger partial charge in [-0.25, -0.2) is 5.43 Å². The van der Waals surface area contributed by atoms with Gasteiger partial charge in [0, 0.05) is 5.02 Å². The van der Waals surface area contributed by atoms with Gasteiger partial charge in [0.15, 0.2) is 11.5 Å². The Morgan fingerprint density at radius 3 is 2.79 bits per heavy atom. The molecule has 2 aromatic rings. The number of halogens is 1. The highest BCUT2D eigenvalue weighted by Gasteiger charge is 2.10. The number of phenolic OH excluding ortho intramolecular Hbond substituents is 1. The third-order valence-corrected chi connectivity index (χ3v) is 3.31. The van der Waals surface area contributed by atoms with E-state index in [1.165, 1.54) is 24.4 Å². The molecule has 0 saturated carbocycles. The van der Waals surface area contributed by atoms with Crippen LogP contribution < -0.4 is 14.9 Å². The van der Waals surface area contributed by atoms with Gasteiger partial charge in [-0.1, -0.05) is 11.6 Å². The van der Waals surface area contributed by atoms with Gasteiger partial charge in [0.1, 0.15) is 5.75 Å². The normalized spacial score (nSPS) is 10.6. The van der Waals surface area contributed by atoms with Crippen LogP contribution in [0.3, 0.4) is 0 Å². The van der Waals surface area contributed by atoms with E-state index in [-0.39, 0.29) is 11.3 Å². The molecule has 0 fully saturated rings. The van der Waals surface area contributed by atoms with Gasteiger partial charge in [-0.05, 0) is 48.9 Å². The summed E-state index contributed by atoms with van der Waals surface area (Å²) < 4.78 is 10.7. The summed E-state index contributed by atoms with van der Waals surface area (Å²) in [5.41, 5.74) is 3.09. The first-order chi connectivity index (χ1) is 11.5. The number of benzene rings is 2. The summed E-state index contributed by atoms with van der Waals surface area (Å²) in [6.07, 6.45) is 1.46. The Labute approximate surface area is 144 Å². The maximum Gasteiger partial charge on any atom is 0.275 e. The molecule has 2 aromatic carbocycles. The average Bonchev–Trinajstić information content (AvgIpc) is 2.58. The van der Waals surface area contributed by atoms with Crippen molar-refractivity contribution in [2.24, 2.45) is 5.10 Å². The van der Waals surface area contributed by atoms with Crippen molar-refractivity contribution in [3.05, 3.63) is 52.5 Å². The monoisotopic (exact) mass is 348 g/mol. The van der Waals surface area contributed by atoms with Gasteiger partial charge in [-0.3, -0.25) is 4.79 Å². The van der Waals surface area contributed by atoms with Crippen LogP contribution in [0.4, 0.5) is 0 Å². The van der Waals surface area contributed by atoms with E-state index in [9.17, 15) is 9.90 Å². The molecule has 0 heterocycles. The second-order valence-corrected chi connectivity index (χ2v) is 5.14. The minimum Gasteiger partial charge on any atom is -0.507 e. The molecule has 2 rings (SSSR count). The number of ether oxygens (including phenoxy) is 2. The van der Waals surface area contributed by atoms with Gasteiger partial charge in [0.2, 0.25) is 0 Å².